The summed E-state index contributed by atoms with van der Waals surface area (Å²) in [6, 6.07) is 22.8. The second-order valence-corrected chi connectivity index (χ2v) is 11.7. The summed E-state index contributed by atoms with van der Waals surface area (Å²) in [5.41, 5.74) is 2.50. The summed E-state index contributed by atoms with van der Waals surface area (Å²) in [5, 5.41) is 2.78. The van der Waals surface area contributed by atoms with E-state index in [0.717, 1.165) is 5.56 Å². The highest BCUT2D eigenvalue weighted by molar-refractivity contribution is 7.07. The van der Waals surface area contributed by atoms with Crippen LogP contribution in [0.2, 0.25) is 0 Å². The first kappa shape index (κ1) is 32.4. The Bertz CT molecular complexity index is 1910. The molecule has 5 rings (SSSR count). The molecule has 1 aliphatic rings. The number of para-hydroxylation sites is 2. The van der Waals surface area contributed by atoms with Crippen LogP contribution >= 0.6 is 11.3 Å². The maximum Gasteiger partial charge on any atom is 0.338 e. The number of esters is 1. The fourth-order valence-electron chi connectivity index (χ4n) is 4.92. The van der Waals surface area contributed by atoms with E-state index in [9.17, 15) is 14.4 Å². The van der Waals surface area contributed by atoms with Crippen molar-refractivity contribution >= 4 is 35.0 Å². The zero-order chi connectivity index (χ0) is 32.6. The minimum Gasteiger partial charge on any atom is -0.491 e. The molecule has 0 saturated carbocycles. The smallest absolute Gasteiger partial charge is 0.338 e. The van der Waals surface area contributed by atoms with E-state index in [1.54, 1.807) is 49.4 Å². The van der Waals surface area contributed by atoms with Gasteiger partial charge in [0.25, 0.3) is 11.5 Å². The maximum absolute atomic E-state index is 14.0. The van der Waals surface area contributed by atoms with E-state index in [0.29, 0.717) is 37.8 Å². The number of fused-ring (bicyclic) bond motifs is 1. The second kappa shape index (κ2) is 14.9. The number of methoxy groups -OCH3 is 1. The number of amides is 1. The van der Waals surface area contributed by atoms with E-state index in [4.69, 9.17) is 18.9 Å². The number of thiazole rings is 1. The van der Waals surface area contributed by atoms with Gasteiger partial charge in [0, 0.05) is 18.4 Å². The molecule has 0 saturated heterocycles. The summed E-state index contributed by atoms with van der Waals surface area (Å²) in [6.45, 7) is 5.72. The van der Waals surface area contributed by atoms with Gasteiger partial charge in [-0.1, -0.05) is 59.9 Å². The highest BCUT2D eigenvalue weighted by Gasteiger charge is 2.35. The van der Waals surface area contributed by atoms with Crippen LogP contribution in [0.5, 0.6) is 11.5 Å². The Kier molecular flexibility index (Phi) is 10.5. The number of hydrogen-bond donors (Lipinski definition) is 1. The first-order valence-electron chi connectivity index (χ1n) is 14.8. The number of nitrogens with zero attached hydrogens (tertiary/aromatic N) is 2. The van der Waals surface area contributed by atoms with Crippen LogP contribution in [-0.2, 0) is 19.1 Å². The van der Waals surface area contributed by atoms with Crippen LogP contribution in [-0.4, -0.2) is 49.5 Å². The van der Waals surface area contributed by atoms with Gasteiger partial charge in [0.05, 0.1) is 28.5 Å². The van der Waals surface area contributed by atoms with Gasteiger partial charge in [-0.05, 0) is 62.7 Å². The molecular formula is C35H35N3O7S. The van der Waals surface area contributed by atoms with E-state index in [1.807, 2.05) is 56.3 Å². The Hall–Kier alpha value is -5.00. The summed E-state index contributed by atoms with van der Waals surface area (Å²) in [6.07, 6.45) is 1.63. The number of nitrogens with one attached hydrogen (secondary N) is 1. The number of carbonyl (C=O) groups is 2. The van der Waals surface area contributed by atoms with Crippen molar-refractivity contribution < 1.29 is 28.5 Å². The predicted octanol–water partition coefficient (Wildman–Crippen LogP) is 4.23. The van der Waals surface area contributed by atoms with Crippen molar-refractivity contribution in [2.45, 2.75) is 32.9 Å². The summed E-state index contributed by atoms with van der Waals surface area (Å²) in [5.74, 6) is 0.214. The zero-order valence-electron chi connectivity index (χ0n) is 26.0. The van der Waals surface area contributed by atoms with Crippen molar-refractivity contribution in [3.05, 3.63) is 121 Å². The molecule has 2 heterocycles. The minimum absolute atomic E-state index is 0.0603. The Labute approximate surface area is 270 Å². The highest BCUT2D eigenvalue weighted by atomic mass is 32.1. The molecule has 238 valence electrons. The fraction of sp³-hybridized carbons (Fsp3) is 0.257. The number of anilines is 1. The molecule has 1 N–H and O–H groups in total. The van der Waals surface area contributed by atoms with E-state index in [-0.39, 0.29) is 43.0 Å². The molecule has 0 radical (unpaired) electrons. The number of ether oxygens (including phenoxy) is 4. The van der Waals surface area contributed by atoms with Gasteiger partial charge in [0.1, 0.15) is 24.1 Å². The molecule has 11 heteroatoms. The van der Waals surface area contributed by atoms with Crippen molar-refractivity contribution in [1.29, 1.82) is 0 Å². The van der Waals surface area contributed by atoms with E-state index < -0.39 is 12.0 Å². The standard InChI is InChI=1S/C35H35N3O7S/c1-22(2)45-28-13-9-8-12-27(28)32-31(34(41)43-19-18-42-4)23(3)36-35-38(32)33(40)29(46-35)20-24-14-16-26(17-15-24)44-21-30(39)37-25-10-6-5-7-11-25/h5-17,20,22,32H,18-19,21H2,1-4H3,(H,37,39)/b29-20+/t32-/m1/s1. The first-order chi connectivity index (χ1) is 22.2. The molecule has 1 aliphatic heterocycles. The largest absolute Gasteiger partial charge is 0.491 e. The third-order valence-corrected chi connectivity index (χ3v) is 7.93. The number of hydrogen-bond acceptors (Lipinski definition) is 9. The molecule has 0 bridgehead atoms. The van der Waals surface area contributed by atoms with Gasteiger partial charge < -0.3 is 24.3 Å². The van der Waals surface area contributed by atoms with Crippen LogP contribution < -0.4 is 29.7 Å². The molecule has 0 fully saturated rings. The summed E-state index contributed by atoms with van der Waals surface area (Å²) < 4.78 is 24.3. The molecule has 46 heavy (non-hydrogen) atoms. The molecule has 0 aliphatic carbocycles. The molecule has 1 atom stereocenters. The van der Waals surface area contributed by atoms with Crippen molar-refractivity contribution in [2.75, 3.05) is 32.2 Å². The summed E-state index contributed by atoms with van der Waals surface area (Å²) in [4.78, 5) is 44.9. The SMILES string of the molecule is COCCOC(=O)C1=C(C)N=c2s/c(=C/c3ccc(OCC(=O)Nc4ccccc4)cc3)c(=O)n2[C@@H]1c1ccccc1OC(C)C. The molecular weight excluding hydrogens is 606 g/mol. The van der Waals surface area contributed by atoms with Gasteiger partial charge in [-0.2, -0.15) is 0 Å². The lowest BCUT2D eigenvalue weighted by atomic mass is 9.95. The minimum atomic E-state index is -0.818. The van der Waals surface area contributed by atoms with Crippen LogP contribution in [0.4, 0.5) is 5.69 Å². The summed E-state index contributed by atoms with van der Waals surface area (Å²) >= 11 is 1.23. The molecule has 1 aromatic heterocycles. The Balaban J connectivity index is 1.45. The number of aromatic nitrogens is 1. The number of benzene rings is 3. The van der Waals surface area contributed by atoms with E-state index >= 15 is 0 Å². The van der Waals surface area contributed by atoms with Crippen LogP contribution in [0.25, 0.3) is 6.08 Å². The highest BCUT2D eigenvalue weighted by Crippen LogP contribution is 2.36. The van der Waals surface area contributed by atoms with Gasteiger partial charge >= 0.3 is 5.97 Å². The Morgan fingerprint density at radius 2 is 1.72 bits per heavy atom. The first-order valence-corrected chi connectivity index (χ1v) is 15.6. The normalized spacial score (nSPS) is 14.5. The fourth-order valence-corrected chi connectivity index (χ4v) is 5.97. The average Bonchev–Trinajstić information content (AvgIpc) is 3.34. The average molecular weight is 642 g/mol. The number of rotatable bonds is 12. The summed E-state index contributed by atoms with van der Waals surface area (Å²) in [7, 11) is 1.53. The molecule has 0 spiro atoms. The van der Waals surface area contributed by atoms with Crippen LogP contribution in [0.1, 0.15) is 37.9 Å². The third-order valence-electron chi connectivity index (χ3n) is 6.94. The van der Waals surface area contributed by atoms with Crippen LogP contribution in [0.15, 0.2) is 99.9 Å². The van der Waals surface area contributed by atoms with Gasteiger partial charge in [0.15, 0.2) is 11.4 Å². The van der Waals surface area contributed by atoms with Gasteiger partial charge in [0.2, 0.25) is 0 Å². The molecule has 4 aromatic rings. The monoisotopic (exact) mass is 641 g/mol. The predicted molar refractivity (Wildman–Crippen MR) is 176 cm³/mol. The van der Waals surface area contributed by atoms with Crippen molar-refractivity contribution in [1.82, 2.24) is 4.57 Å². The number of carbonyl (C=O) groups excluding carboxylic acids is 2. The van der Waals surface area contributed by atoms with Crippen LogP contribution in [0.3, 0.4) is 0 Å². The van der Waals surface area contributed by atoms with E-state index in [2.05, 4.69) is 10.3 Å². The van der Waals surface area contributed by atoms with E-state index in [1.165, 1.54) is 23.0 Å². The van der Waals surface area contributed by atoms with Crippen molar-refractivity contribution in [3.63, 3.8) is 0 Å². The topological polar surface area (TPSA) is 117 Å². The molecule has 1 amide bonds. The van der Waals surface area contributed by atoms with Crippen molar-refractivity contribution in [3.8, 4) is 11.5 Å². The lowest BCUT2D eigenvalue weighted by Gasteiger charge is -2.27. The quantitative estimate of drug-likeness (QED) is 0.182. The molecule has 3 aromatic carbocycles. The Morgan fingerprint density at radius 3 is 2.43 bits per heavy atom. The van der Waals surface area contributed by atoms with Gasteiger partial charge in [-0.15, -0.1) is 0 Å². The number of allylic oxidation sites excluding steroid dienone is 1. The third kappa shape index (κ3) is 7.61. The molecule has 10 nitrogen and oxygen atoms in total. The lowest BCUT2D eigenvalue weighted by molar-refractivity contribution is -0.140. The van der Waals surface area contributed by atoms with Crippen LogP contribution in [0, 0.1) is 0 Å². The van der Waals surface area contributed by atoms with Crippen molar-refractivity contribution in [2.24, 2.45) is 4.99 Å². The van der Waals surface area contributed by atoms with Gasteiger partial charge in [-0.25, -0.2) is 9.79 Å². The lowest BCUT2D eigenvalue weighted by Crippen LogP contribution is -2.40. The second-order valence-electron chi connectivity index (χ2n) is 10.7. The maximum atomic E-state index is 14.0. The van der Waals surface area contributed by atoms with Gasteiger partial charge in [-0.3, -0.25) is 14.2 Å². The Morgan fingerprint density at radius 1 is 1.00 bits per heavy atom. The molecule has 0 unspecified atom stereocenters. The zero-order valence-corrected chi connectivity index (χ0v) is 26.8.